The summed E-state index contributed by atoms with van der Waals surface area (Å²) in [6.45, 7) is 0. The third-order valence-corrected chi connectivity index (χ3v) is 3.69. The molecule has 1 aromatic heterocycles. The number of rotatable bonds is 5. The predicted molar refractivity (Wildman–Crippen MR) is 93.9 cm³/mol. The molecule has 2 rings (SSSR count). The molecule has 2 N–H and O–H groups in total. The Labute approximate surface area is 152 Å². The molecule has 0 saturated heterocycles. The fourth-order valence-electron chi connectivity index (χ4n) is 1.91. The summed E-state index contributed by atoms with van der Waals surface area (Å²) in [6.07, 6.45) is 1.39. The number of nitrogens with one attached hydrogen (secondary N) is 2. The minimum atomic E-state index is -4.36. The first-order valence-electron chi connectivity index (χ1n) is 7.20. The van der Waals surface area contributed by atoms with Gasteiger partial charge in [-0.2, -0.15) is 18.2 Å². The maximum atomic E-state index is 12.3. The molecule has 1 aromatic carbocycles. The molecule has 1 heterocycles. The number of halogens is 3. The summed E-state index contributed by atoms with van der Waals surface area (Å²) >= 11 is -0.223. The molecule has 0 saturated carbocycles. The van der Waals surface area contributed by atoms with Crippen molar-refractivity contribution < 1.29 is 22.7 Å². The summed E-state index contributed by atoms with van der Waals surface area (Å²) in [7, 11) is 4.90. The zero-order valence-electron chi connectivity index (χ0n) is 14.1. The first kappa shape index (κ1) is 19.6. The molecular formula is C15H16F3N5O2S. The summed E-state index contributed by atoms with van der Waals surface area (Å²) < 4.78 is 41.9. The number of amides is 2. The van der Waals surface area contributed by atoms with Gasteiger partial charge in [-0.25, -0.2) is 9.78 Å². The van der Waals surface area contributed by atoms with Crippen molar-refractivity contribution in [1.82, 2.24) is 9.97 Å². The van der Waals surface area contributed by atoms with Crippen LogP contribution in [0.1, 0.15) is 0 Å². The molecule has 0 atom stereocenters. The predicted octanol–water partition coefficient (Wildman–Crippen LogP) is 3.81. The van der Waals surface area contributed by atoms with E-state index < -0.39 is 11.5 Å². The molecule has 7 nitrogen and oxygen atoms in total. The summed E-state index contributed by atoms with van der Waals surface area (Å²) in [5, 5.41) is 5.12. The lowest BCUT2D eigenvalue weighted by Crippen LogP contribution is -2.22. The van der Waals surface area contributed by atoms with E-state index in [0.717, 1.165) is 0 Å². The average Bonchev–Trinajstić information content (AvgIpc) is 2.55. The number of urea groups is 1. The van der Waals surface area contributed by atoms with Crippen molar-refractivity contribution in [2.45, 2.75) is 10.4 Å². The lowest BCUT2D eigenvalue weighted by Gasteiger charge is -2.17. The van der Waals surface area contributed by atoms with E-state index in [0.29, 0.717) is 17.2 Å². The van der Waals surface area contributed by atoms with Crippen molar-refractivity contribution in [2.24, 2.45) is 0 Å². The molecule has 0 aliphatic heterocycles. The lowest BCUT2D eigenvalue weighted by atomic mass is 10.3. The number of aromatic nitrogens is 2. The van der Waals surface area contributed by atoms with Crippen molar-refractivity contribution >= 4 is 35.0 Å². The minimum absolute atomic E-state index is 0.0295. The number of methoxy groups -OCH3 is 1. The Hall–Kier alpha value is -2.69. The highest BCUT2D eigenvalue weighted by atomic mass is 32.2. The number of hydrogen-bond donors (Lipinski definition) is 2. The summed E-state index contributed by atoms with van der Waals surface area (Å²) in [6, 6.07) is 4.87. The first-order valence-corrected chi connectivity index (χ1v) is 8.02. The molecule has 0 bridgehead atoms. The van der Waals surface area contributed by atoms with Gasteiger partial charge in [-0.3, -0.25) is 0 Å². The highest BCUT2D eigenvalue weighted by Crippen LogP contribution is 2.37. The van der Waals surface area contributed by atoms with E-state index in [-0.39, 0.29) is 22.7 Å². The number of carbonyl (C=O) groups is 1. The standard InChI is InChI=1S/C15H16F3N5O2S/c1-23(2)12-11(8-19-14(22-12)25-3)21-13(24)20-9-4-6-10(7-5-9)26-15(16,17)18/h4-8H,1-3H3,(H2,20,21,24). The van der Waals surface area contributed by atoms with Gasteiger partial charge in [0.05, 0.1) is 13.3 Å². The number of hydrogen-bond acceptors (Lipinski definition) is 6. The Balaban J connectivity index is 2.05. The van der Waals surface area contributed by atoms with Crippen LogP contribution in [0.15, 0.2) is 35.4 Å². The van der Waals surface area contributed by atoms with Crippen LogP contribution < -0.4 is 20.3 Å². The second-order valence-corrected chi connectivity index (χ2v) is 6.28. The van der Waals surface area contributed by atoms with E-state index in [1.165, 1.54) is 37.6 Å². The number of alkyl halides is 3. The largest absolute Gasteiger partial charge is 0.467 e. The molecular weight excluding hydrogens is 371 g/mol. The fourth-order valence-corrected chi connectivity index (χ4v) is 2.45. The fraction of sp³-hybridized carbons (Fsp3) is 0.267. The van der Waals surface area contributed by atoms with E-state index >= 15 is 0 Å². The summed E-state index contributed by atoms with van der Waals surface area (Å²) in [4.78, 5) is 21.9. The monoisotopic (exact) mass is 387 g/mol. The number of carbonyl (C=O) groups excluding carboxylic acids is 1. The van der Waals surface area contributed by atoms with Crippen LogP contribution in [0.2, 0.25) is 0 Å². The highest BCUT2D eigenvalue weighted by molar-refractivity contribution is 8.00. The maximum Gasteiger partial charge on any atom is 0.446 e. The van der Waals surface area contributed by atoms with E-state index in [1.807, 2.05) is 0 Å². The van der Waals surface area contributed by atoms with Crippen LogP contribution in [-0.4, -0.2) is 42.7 Å². The second-order valence-electron chi connectivity index (χ2n) is 5.14. The van der Waals surface area contributed by atoms with E-state index in [1.54, 1.807) is 19.0 Å². The third-order valence-electron chi connectivity index (χ3n) is 2.95. The average molecular weight is 387 g/mol. The molecule has 0 unspecified atom stereocenters. The van der Waals surface area contributed by atoms with Gasteiger partial charge in [-0.1, -0.05) is 0 Å². The molecule has 0 fully saturated rings. The molecule has 0 radical (unpaired) electrons. The molecule has 11 heteroatoms. The molecule has 0 spiro atoms. The van der Waals surface area contributed by atoms with Gasteiger partial charge < -0.3 is 20.3 Å². The minimum Gasteiger partial charge on any atom is -0.467 e. The quantitative estimate of drug-likeness (QED) is 0.760. The Morgan fingerprint density at radius 2 is 1.85 bits per heavy atom. The Morgan fingerprint density at radius 1 is 1.19 bits per heavy atom. The Kier molecular flexibility index (Phi) is 6.14. The van der Waals surface area contributed by atoms with E-state index in [9.17, 15) is 18.0 Å². The maximum absolute atomic E-state index is 12.3. The summed E-state index contributed by atoms with van der Waals surface area (Å²) in [5.74, 6) is 0.434. The topological polar surface area (TPSA) is 79.4 Å². The number of ether oxygens (including phenoxy) is 1. The van der Waals surface area contributed by atoms with Gasteiger partial charge in [0.1, 0.15) is 5.69 Å². The number of nitrogens with zero attached hydrogens (tertiary/aromatic N) is 3. The molecule has 26 heavy (non-hydrogen) atoms. The Morgan fingerprint density at radius 3 is 2.38 bits per heavy atom. The van der Waals surface area contributed by atoms with E-state index in [4.69, 9.17) is 4.74 Å². The molecule has 0 aliphatic rings. The zero-order chi connectivity index (χ0) is 19.3. The van der Waals surface area contributed by atoms with Crippen LogP contribution in [0.5, 0.6) is 6.01 Å². The first-order chi connectivity index (χ1) is 12.2. The number of anilines is 3. The van der Waals surface area contributed by atoms with Gasteiger partial charge in [0.25, 0.3) is 0 Å². The number of thioether (sulfide) groups is 1. The van der Waals surface area contributed by atoms with Crippen LogP contribution in [0.3, 0.4) is 0 Å². The molecule has 2 amide bonds. The van der Waals surface area contributed by atoms with Crippen molar-refractivity contribution in [2.75, 3.05) is 36.7 Å². The van der Waals surface area contributed by atoms with Gasteiger partial charge in [0, 0.05) is 24.7 Å². The van der Waals surface area contributed by atoms with Gasteiger partial charge in [-0.05, 0) is 36.0 Å². The third kappa shape index (κ3) is 5.69. The van der Waals surface area contributed by atoms with Crippen LogP contribution in [0, 0.1) is 0 Å². The van der Waals surface area contributed by atoms with Crippen molar-refractivity contribution in [3.05, 3.63) is 30.5 Å². The molecule has 0 aliphatic carbocycles. The molecule has 2 aromatic rings. The van der Waals surface area contributed by atoms with Crippen LogP contribution in [-0.2, 0) is 0 Å². The lowest BCUT2D eigenvalue weighted by molar-refractivity contribution is -0.0328. The zero-order valence-corrected chi connectivity index (χ0v) is 14.9. The van der Waals surface area contributed by atoms with Gasteiger partial charge >= 0.3 is 17.5 Å². The van der Waals surface area contributed by atoms with Gasteiger partial charge in [0.2, 0.25) is 0 Å². The molecule has 140 valence electrons. The van der Waals surface area contributed by atoms with Crippen LogP contribution in [0.25, 0.3) is 0 Å². The van der Waals surface area contributed by atoms with Crippen molar-refractivity contribution in [3.63, 3.8) is 0 Å². The normalized spacial score (nSPS) is 11.0. The number of benzene rings is 1. The smallest absolute Gasteiger partial charge is 0.446 e. The van der Waals surface area contributed by atoms with E-state index in [2.05, 4.69) is 20.6 Å². The second kappa shape index (κ2) is 8.13. The van der Waals surface area contributed by atoms with Gasteiger partial charge in [0.15, 0.2) is 5.82 Å². The highest BCUT2D eigenvalue weighted by Gasteiger charge is 2.29. The van der Waals surface area contributed by atoms with Crippen LogP contribution in [0.4, 0.5) is 35.2 Å². The van der Waals surface area contributed by atoms with Crippen molar-refractivity contribution in [1.29, 1.82) is 0 Å². The van der Waals surface area contributed by atoms with Crippen LogP contribution >= 0.6 is 11.8 Å². The Bertz CT molecular complexity index is 769. The van der Waals surface area contributed by atoms with Gasteiger partial charge in [-0.15, -0.1) is 0 Å². The SMILES string of the molecule is COc1ncc(NC(=O)Nc2ccc(SC(F)(F)F)cc2)c(N(C)C)n1. The van der Waals surface area contributed by atoms with Crippen molar-refractivity contribution in [3.8, 4) is 6.01 Å². The summed E-state index contributed by atoms with van der Waals surface area (Å²) in [5.41, 5.74) is -3.67.